The molecule has 1 unspecified atom stereocenters. The van der Waals surface area contributed by atoms with Gasteiger partial charge in [0, 0.05) is 38.0 Å². The number of rotatable bonds is 6. The van der Waals surface area contributed by atoms with Crippen molar-refractivity contribution in [1.29, 1.82) is 0 Å². The van der Waals surface area contributed by atoms with Crippen LogP contribution in [0.3, 0.4) is 0 Å². The topological polar surface area (TPSA) is 209 Å². The molecule has 1 amide bonds. The van der Waals surface area contributed by atoms with E-state index in [4.69, 9.17) is 14.2 Å². The molecule has 1 saturated heterocycles. The Kier molecular flexibility index (Phi) is 8.23. The van der Waals surface area contributed by atoms with Crippen LogP contribution < -0.4 is 5.32 Å². The van der Waals surface area contributed by atoms with Crippen molar-refractivity contribution in [2.45, 2.75) is 122 Å². The molecule has 2 bridgehead atoms. The van der Waals surface area contributed by atoms with Gasteiger partial charge in [-0.2, -0.15) is 0 Å². The van der Waals surface area contributed by atoms with E-state index in [2.05, 4.69) is 5.32 Å². The molecule has 0 aromatic rings. The number of carbonyl (C=O) groups excluding carboxylic acids is 4. The number of ether oxygens (including phenoxy) is 3. The highest BCUT2D eigenvalue weighted by molar-refractivity contribution is 5.93. The summed E-state index contributed by atoms with van der Waals surface area (Å²) in [6.45, 7) is 9.72. The Balaban J connectivity index is 1.89. The summed E-state index contributed by atoms with van der Waals surface area (Å²) < 4.78 is 16.9. The largest absolute Gasteiger partial charge is 0.459 e. The van der Waals surface area contributed by atoms with Crippen LogP contribution in [0.1, 0.15) is 67.7 Å². The Bertz CT molecular complexity index is 1200. The number of esters is 2. The third-order valence-corrected chi connectivity index (χ3v) is 10.4. The molecule has 0 radical (unpaired) electrons. The SMILES string of the molecule is CC[C@H](NC(C)=O)[C@@H](O)C(=O)OC1C[C@@]2(O)[C@@H](OC(C)=O)[C@@H]3[C@]4(O)CO[C@@H]4C[C@H](O)[C@@]3(C)C(=O)[C@H](O)C(=C1C)C2(C)C. The van der Waals surface area contributed by atoms with Crippen LogP contribution >= 0.6 is 0 Å². The zero-order chi connectivity index (χ0) is 31.7. The van der Waals surface area contributed by atoms with Gasteiger partial charge >= 0.3 is 11.9 Å². The zero-order valence-electron chi connectivity index (χ0n) is 25.0. The number of aliphatic hydroxyl groups is 5. The molecule has 13 heteroatoms. The molecule has 236 valence electrons. The van der Waals surface area contributed by atoms with Crippen molar-refractivity contribution in [2.75, 3.05) is 6.61 Å². The summed E-state index contributed by atoms with van der Waals surface area (Å²) >= 11 is 0. The Morgan fingerprint density at radius 1 is 1.12 bits per heavy atom. The number of carbonyl (C=O) groups is 4. The van der Waals surface area contributed by atoms with Crippen molar-refractivity contribution in [3.8, 4) is 0 Å². The zero-order valence-corrected chi connectivity index (χ0v) is 25.0. The minimum absolute atomic E-state index is 0.00504. The molecule has 0 aromatic heterocycles. The summed E-state index contributed by atoms with van der Waals surface area (Å²) in [6.07, 6.45) is -9.30. The summed E-state index contributed by atoms with van der Waals surface area (Å²) in [5.41, 5.74) is -7.11. The summed E-state index contributed by atoms with van der Waals surface area (Å²) in [5, 5.41) is 60.6. The fourth-order valence-corrected chi connectivity index (χ4v) is 7.84. The second kappa shape index (κ2) is 10.6. The van der Waals surface area contributed by atoms with E-state index in [1.807, 2.05) is 0 Å². The maximum Gasteiger partial charge on any atom is 0.337 e. The molecular formula is C29H43NO12. The summed E-state index contributed by atoms with van der Waals surface area (Å²) in [5.74, 6) is -4.70. The smallest absolute Gasteiger partial charge is 0.337 e. The minimum atomic E-state index is -2.17. The van der Waals surface area contributed by atoms with E-state index in [1.54, 1.807) is 20.8 Å². The predicted octanol–water partition coefficient (Wildman–Crippen LogP) is -0.956. The molecule has 11 atom stereocenters. The van der Waals surface area contributed by atoms with E-state index in [1.165, 1.54) is 20.8 Å². The molecule has 0 spiro atoms. The normalized spacial score (nSPS) is 42.0. The molecule has 4 aliphatic rings. The Morgan fingerprint density at radius 3 is 2.24 bits per heavy atom. The number of aliphatic hydroxyl groups excluding tert-OH is 3. The van der Waals surface area contributed by atoms with Gasteiger partial charge in [0.2, 0.25) is 5.91 Å². The van der Waals surface area contributed by atoms with Crippen molar-refractivity contribution in [3.05, 3.63) is 11.1 Å². The number of amides is 1. The van der Waals surface area contributed by atoms with Crippen LogP contribution in [0.5, 0.6) is 0 Å². The highest BCUT2D eigenvalue weighted by atomic mass is 16.6. The van der Waals surface area contributed by atoms with E-state index in [9.17, 15) is 44.7 Å². The van der Waals surface area contributed by atoms with Crippen LogP contribution in [0.4, 0.5) is 0 Å². The maximum atomic E-state index is 14.2. The first-order chi connectivity index (χ1) is 19.3. The van der Waals surface area contributed by atoms with Gasteiger partial charge in [0.15, 0.2) is 11.9 Å². The first kappa shape index (κ1) is 32.5. The van der Waals surface area contributed by atoms with Gasteiger partial charge in [-0.3, -0.25) is 14.4 Å². The highest BCUT2D eigenvalue weighted by Gasteiger charge is 2.76. The van der Waals surface area contributed by atoms with E-state index in [-0.39, 0.29) is 30.6 Å². The molecule has 0 aromatic carbocycles. The van der Waals surface area contributed by atoms with Crippen molar-refractivity contribution in [3.63, 3.8) is 0 Å². The Hall–Kier alpha value is -2.42. The van der Waals surface area contributed by atoms with Gasteiger partial charge in [0.1, 0.15) is 29.5 Å². The van der Waals surface area contributed by atoms with Gasteiger partial charge < -0.3 is 45.1 Å². The van der Waals surface area contributed by atoms with Crippen LogP contribution in [0.25, 0.3) is 0 Å². The number of nitrogens with one attached hydrogen (secondary N) is 1. The number of hydrogen-bond donors (Lipinski definition) is 6. The van der Waals surface area contributed by atoms with Crippen molar-refractivity contribution < 1.29 is 58.9 Å². The molecule has 6 N–H and O–H groups in total. The molecular weight excluding hydrogens is 554 g/mol. The average molecular weight is 598 g/mol. The third-order valence-electron chi connectivity index (χ3n) is 10.4. The Labute approximate surface area is 244 Å². The second-order valence-corrected chi connectivity index (χ2v) is 13.0. The number of hydrogen-bond acceptors (Lipinski definition) is 12. The van der Waals surface area contributed by atoms with Gasteiger partial charge in [-0.25, -0.2) is 4.79 Å². The second-order valence-electron chi connectivity index (χ2n) is 13.0. The lowest BCUT2D eigenvalue weighted by Gasteiger charge is -2.66. The molecule has 3 fully saturated rings. The lowest BCUT2D eigenvalue weighted by atomic mass is 9.45. The Morgan fingerprint density at radius 2 is 1.74 bits per heavy atom. The molecule has 3 aliphatic carbocycles. The van der Waals surface area contributed by atoms with Gasteiger partial charge in [0.25, 0.3) is 0 Å². The third kappa shape index (κ3) is 4.51. The van der Waals surface area contributed by atoms with Gasteiger partial charge in [-0.1, -0.05) is 20.8 Å². The van der Waals surface area contributed by atoms with E-state index in [0.717, 1.165) is 6.92 Å². The van der Waals surface area contributed by atoms with Gasteiger partial charge in [0.05, 0.1) is 30.3 Å². The van der Waals surface area contributed by atoms with E-state index in [0.29, 0.717) is 0 Å². The highest BCUT2D eigenvalue weighted by Crippen LogP contribution is 2.63. The molecule has 1 aliphatic heterocycles. The summed E-state index contributed by atoms with van der Waals surface area (Å²) in [7, 11) is 0. The van der Waals surface area contributed by atoms with Crippen LogP contribution in [0, 0.1) is 16.7 Å². The summed E-state index contributed by atoms with van der Waals surface area (Å²) in [4.78, 5) is 51.5. The fraction of sp³-hybridized carbons (Fsp3) is 0.793. The van der Waals surface area contributed by atoms with Crippen LogP contribution in [0.15, 0.2) is 11.1 Å². The predicted molar refractivity (Wildman–Crippen MR) is 143 cm³/mol. The number of fused-ring (bicyclic) bond motifs is 5. The molecule has 1 heterocycles. The number of Topliss-reactive ketones (excluding diaryl/α,β-unsaturated/α-hetero) is 1. The van der Waals surface area contributed by atoms with Crippen molar-refractivity contribution in [1.82, 2.24) is 5.32 Å². The fourth-order valence-electron chi connectivity index (χ4n) is 7.84. The quantitative estimate of drug-likeness (QED) is 0.162. The van der Waals surface area contributed by atoms with Gasteiger partial charge in [-0.05, 0) is 31.4 Å². The molecule has 13 nitrogen and oxygen atoms in total. The molecule has 42 heavy (non-hydrogen) atoms. The molecule has 4 rings (SSSR count). The monoisotopic (exact) mass is 597 g/mol. The number of ketones is 1. The lowest BCUT2D eigenvalue weighted by molar-refractivity contribution is -0.345. The van der Waals surface area contributed by atoms with Crippen LogP contribution in [-0.2, 0) is 33.4 Å². The van der Waals surface area contributed by atoms with Gasteiger partial charge in [-0.15, -0.1) is 0 Å². The minimum Gasteiger partial charge on any atom is -0.459 e. The van der Waals surface area contributed by atoms with E-state index < -0.39 is 101 Å². The van der Waals surface area contributed by atoms with Crippen LogP contribution in [0.2, 0.25) is 0 Å². The lowest BCUT2D eigenvalue weighted by Crippen LogP contribution is -2.81. The average Bonchev–Trinajstić information content (AvgIpc) is 2.89. The summed E-state index contributed by atoms with van der Waals surface area (Å²) in [6, 6.07) is -0.966. The molecule has 2 saturated carbocycles. The van der Waals surface area contributed by atoms with Crippen LogP contribution in [-0.4, -0.2) is 110 Å². The first-order valence-corrected chi connectivity index (χ1v) is 14.3. The maximum absolute atomic E-state index is 14.2. The van der Waals surface area contributed by atoms with Crippen molar-refractivity contribution in [2.24, 2.45) is 16.7 Å². The standard InChI is InChI=1S/C29H43NO12/c1-8-15(30-13(3)31)20(34)25(37)42-16-10-29(39)24(41-14(4)32)22-27(7,17(33)9-18-28(22,38)11-40-18)23(36)21(35)19(12(16)2)26(29,5)6/h15-18,20-22,24,33-35,38-39H,8-11H2,1-7H3,(H,30,31)/t15-,16?,17-,18+,20+,21+,22-,24-,27+,28-,29+/m0/s1. The first-order valence-electron chi connectivity index (χ1n) is 14.3. The van der Waals surface area contributed by atoms with Crippen molar-refractivity contribution >= 4 is 23.6 Å². The van der Waals surface area contributed by atoms with E-state index >= 15 is 0 Å².